The molecule has 152 valence electrons. The molecule has 3 heterocycles. The van der Waals surface area contributed by atoms with E-state index in [1.54, 1.807) is 28.3 Å². The number of carbonyl (C=O) groups excluding carboxylic acids is 1. The van der Waals surface area contributed by atoms with Crippen LogP contribution in [0.5, 0.6) is 0 Å². The average molecular weight is 400 g/mol. The minimum absolute atomic E-state index is 0.176. The van der Waals surface area contributed by atoms with E-state index >= 15 is 0 Å². The van der Waals surface area contributed by atoms with Crippen LogP contribution in [-0.4, -0.2) is 91.0 Å². The van der Waals surface area contributed by atoms with Gasteiger partial charge in [0, 0.05) is 64.7 Å². The molecule has 0 radical (unpaired) electrons. The first kappa shape index (κ1) is 20.2. The Morgan fingerprint density at radius 3 is 2.67 bits per heavy atom. The van der Waals surface area contributed by atoms with E-state index < -0.39 is 10.0 Å². The number of ether oxygens (including phenoxy) is 1. The van der Waals surface area contributed by atoms with Crippen LogP contribution in [0.4, 0.5) is 0 Å². The molecule has 27 heavy (non-hydrogen) atoms. The highest BCUT2D eigenvalue weighted by atomic mass is 32.2. The van der Waals surface area contributed by atoms with Crippen molar-refractivity contribution in [1.82, 2.24) is 24.3 Å². The lowest BCUT2D eigenvalue weighted by Gasteiger charge is -2.38. The summed E-state index contributed by atoms with van der Waals surface area (Å²) in [5.74, 6) is -0.188. The van der Waals surface area contributed by atoms with Gasteiger partial charge in [-0.1, -0.05) is 0 Å². The van der Waals surface area contributed by atoms with Gasteiger partial charge in [-0.25, -0.2) is 12.7 Å². The van der Waals surface area contributed by atoms with Crippen molar-refractivity contribution in [2.75, 3.05) is 45.6 Å². The molecular weight excluding hydrogens is 370 g/mol. The molecule has 10 heteroatoms. The molecule has 2 fully saturated rings. The number of hydrogen-bond acceptors (Lipinski definition) is 6. The first-order chi connectivity index (χ1) is 12.8. The van der Waals surface area contributed by atoms with Crippen LogP contribution in [0.25, 0.3) is 0 Å². The van der Waals surface area contributed by atoms with Gasteiger partial charge in [-0.2, -0.15) is 5.10 Å². The molecular formula is C17H29N5O4S. The van der Waals surface area contributed by atoms with Crippen molar-refractivity contribution in [1.29, 1.82) is 0 Å². The maximum Gasteiger partial charge on any atom is 0.271 e. The van der Waals surface area contributed by atoms with Crippen LogP contribution < -0.4 is 5.32 Å². The Morgan fingerprint density at radius 1 is 1.33 bits per heavy atom. The normalized spacial score (nSPS) is 22.4. The molecule has 1 unspecified atom stereocenters. The van der Waals surface area contributed by atoms with Gasteiger partial charge in [0.2, 0.25) is 10.0 Å². The van der Waals surface area contributed by atoms with Gasteiger partial charge in [-0.3, -0.25) is 14.4 Å². The Kier molecular flexibility index (Phi) is 6.51. The number of hydrogen-bond donors (Lipinski definition) is 1. The number of carbonyl (C=O) groups is 1. The van der Waals surface area contributed by atoms with Gasteiger partial charge in [0.25, 0.3) is 5.91 Å². The van der Waals surface area contributed by atoms with Crippen molar-refractivity contribution in [2.45, 2.75) is 31.3 Å². The minimum atomic E-state index is -3.17. The lowest BCUT2D eigenvalue weighted by Crippen LogP contribution is -2.50. The predicted molar refractivity (Wildman–Crippen MR) is 101 cm³/mol. The zero-order chi connectivity index (χ0) is 19.4. The molecule has 1 amide bonds. The second-order valence-electron chi connectivity index (χ2n) is 7.28. The third-order valence-corrected chi connectivity index (χ3v) is 6.60. The molecule has 9 nitrogen and oxygen atoms in total. The van der Waals surface area contributed by atoms with Crippen molar-refractivity contribution < 1.29 is 17.9 Å². The number of sulfonamides is 1. The summed E-state index contributed by atoms with van der Waals surface area (Å²) in [7, 11) is -1.39. The molecule has 1 aromatic heterocycles. The maximum atomic E-state index is 12.2. The van der Waals surface area contributed by atoms with Gasteiger partial charge >= 0.3 is 0 Å². The third-order valence-electron chi connectivity index (χ3n) is 5.33. The van der Waals surface area contributed by atoms with Gasteiger partial charge in [-0.05, 0) is 25.3 Å². The molecule has 2 saturated heterocycles. The number of amides is 1. The van der Waals surface area contributed by atoms with E-state index in [9.17, 15) is 13.2 Å². The summed E-state index contributed by atoms with van der Waals surface area (Å²) in [5.41, 5.74) is 0.402. The van der Waals surface area contributed by atoms with Gasteiger partial charge in [0.1, 0.15) is 5.69 Å². The highest BCUT2D eigenvalue weighted by molar-refractivity contribution is 7.88. The number of rotatable bonds is 7. The number of nitrogens with one attached hydrogen (secondary N) is 1. The Hall–Kier alpha value is -1.49. The number of aromatic nitrogens is 2. The zero-order valence-corrected chi connectivity index (χ0v) is 16.8. The molecule has 0 saturated carbocycles. The Balaban J connectivity index is 1.59. The van der Waals surface area contributed by atoms with Gasteiger partial charge in [0.15, 0.2) is 0 Å². The molecule has 0 bridgehead atoms. The summed E-state index contributed by atoms with van der Waals surface area (Å²) in [6.07, 6.45) is 5.69. The fourth-order valence-electron chi connectivity index (χ4n) is 3.89. The highest BCUT2D eigenvalue weighted by Crippen LogP contribution is 2.24. The largest absolute Gasteiger partial charge is 0.381 e. The van der Waals surface area contributed by atoms with Crippen LogP contribution in [-0.2, 0) is 21.8 Å². The maximum absolute atomic E-state index is 12.2. The lowest BCUT2D eigenvalue weighted by molar-refractivity contribution is 0.0194. The molecule has 3 rings (SSSR count). The summed E-state index contributed by atoms with van der Waals surface area (Å²) in [5, 5.41) is 7.04. The van der Waals surface area contributed by atoms with E-state index in [1.165, 1.54) is 6.26 Å². The molecule has 1 aromatic rings. The standard InChI is InChI=1S/C17H29N5O4S/c1-20-8-4-16(19-20)17(23)18-7-10-22(14-5-11-26-12-6-14)15-3-9-21(13-15)27(2,24)25/h4,8,14-15H,3,5-7,9-13H2,1-2H3,(H,18,23). The second kappa shape index (κ2) is 8.68. The van der Waals surface area contributed by atoms with Crippen molar-refractivity contribution in [3.05, 3.63) is 18.0 Å². The van der Waals surface area contributed by atoms with Crippen LogP contribution in [0, 0.1) is 0 Å². The molecule has 0 aromatic carbocycles. The fraction of sp³-hybridized carbons (Fsp3) is 0.765. The quantitative estimate of drug-likeness (QED) is 0.674. The SMILES string of the molecule is Cn1ccc(C(=O)NCCN(C2CCOCC2)C2CCN(S(C)(=O)=O)C2)n1. The second-order valence-corrected chi connectivity index (χ2v) is 9.26. The number of nitrogens with zero attached hydrogens (tertiary/aromatic N) is 4. The Morgan fingerprint density at radius 2 is 2.07 bits per heavy atom. The molecule has 0 aliphatic carbocycles. The summed E-state index contributed by atoms with van der Waals surface area (Å²) >= 11 is 0. The first-order valence-corrected chi connectivity index (χ1v) is 11.3. The first-order valence-electron chi connectivity index (χ1n) is 9.41. The van der Waals surface area contributed by atoms with Crippen molar-refractivity contribution in [2.24, 2.45) is 7.05 Å². The summed E-state index contributed by atoms with van der Waals surface area (Å²) in [4.78, 5) is 14.6. The summed E-state index contributed by atoms with van der Waals surface area (Å²) < 4.78 is 32.4. The minimum Gasteiger partial charge on any atom is -0.381 e. The van der Waals surface area contributed by atoms with E-state index in [4.69, 9.17) is 4.74 Å². The Bertz CT molecular complexity index is 744. The molecule has 1 N–H and O–H groups in total. The van der Waals surface area contributed by atoms with Gasteiger partial charge in [-0.15, -0.1) is 0 Å². The van der Waals surface area contributed by atoms with Crippen LogP contribution in [0.1, 0.15) is 29.8 Å². The molecule has 2 aliphatic rings. The molecule has 1 atom stereocenters. The predicted octanol–water partition coefficient (Wildman–Crippen LogP) is -0.335. The lowest BCUT2D eigenvalue weighted by atomic mass is 10.0. The van der Waals surface area contributed by atoms with Crippen molar-refractivity contribution in [3.63, 3.8) is 0 Å². The number of aryl methyl sites for hydroxylation is 1. The van der Waals surface area contributed by atoms with E-state index in [1.807, 2.05) is 0 Å². The topological polar surface area (TPSA) is 96.8 Å². The average Bonchev–Trinajstić information content (AvgIpc) is 3.28. The van der Waals surface area contributed by atoms with Crippen molar-refractivity contribution >= 4 is 15.9 Å². The fourth-order valence-corrected chi connectivity index (χ4v) is 4.77. The van der Waals surface area contributed by atoms with Crippen molar-refractivity contribution in [3.8, 4) is 0 Å². The van der Waals surface area contributed by atoms with Gasteiger partial charge < -0.3 is 10.1 Å². The van der Waals surface area contributed by atoms with Crippen LogP contribution >= 0.6 is 0 Å². The zero-order valence-electron chi connectivity index (χ0n) is 16.0. The van der Waals surface area contributed by atoms with Crippen LogP contribution in [0.15, 0.2) is 12.3 Å². The van der Waals surface area contributed by atoms with E-state index in [0.717, 1.165) is 32.5 Å². The van der Waals surface area contributed by atoms with E-state index in [0.29, 0.717) is 37.9 Å². The summed E-state index contributed by atoms with van der Waals surface area (Å²) in [6.45, 7) is 3.72. The van der Waals surface area contributed by atoms with E-state index in [2.05, 4.69) is 15.3 Å². The van der Waals surface area contributed by atoms with Crippen LogP contribution in [0.2, 0.25) is 0 Å². The summed E-state index contributed by atoms with van der Waals surface area (Å²) in [6, 6.07) is 2.22. The smallest absolute Gasteiger partial charge is 0.271 e. The monoisotopic (exact) mass is 399 g/mol. The van der Waals surface area contributed by atoms with Gasteiger partial charge in [0.05, 0.1) is 6.26 Å². The molecule has 2 aliphatic heterocycles. The third kappa shape index (κ3) is 5.28. The van der Waals surface area contributed by atoms with E-state index in [-0.39, 0.29) is 11.9 Å². The molecule has 0 spiro atoms. The highest BCUT2D eigenvalue weighted by Gasteiger charge is 2.35. The van der Waals surface area contributed by atoms with Crippen LogP contribution in [0.3, 0.4) is 0 Å². The Labute approximate surface area is 160 Å².